The third kappa shape index (κ3) is 2.61. The van der Waals surface area contributed by atoms with Crippen LogP contribution in [-0.4, -0.2) is 26.9 Å². The fourth-order valence-electron chi connectivity index (χ4n) is 2.80. The lowest BCUT2D eigenvalue weighted by Gasteiger charge is -2.25. The van der Waals surface area contributed by atoms with Crippen LogP contribution in [0.4, 0.5) is 10.3 Å². The molecule has 1 aromatic heterocycles. The van der Waals surface area contributed by atoms with Gasteiger partial charge in [0.05, 0.1) is 18.0 Å². The number of benzene rings is 1. The normalized spacial score (nSPS) is 18.5. The van der Waals surface area contributed by atoms with Crippen LogP contribution in [0.3, 0.4) is 0 Å². The van der Waals surface area contributed by atoms with Gasteiger partial charge in [-0.25, -0.2) is 14.4 Å². The zero-order valence-electron chi connectivity index (χ0n) is 12.7. The van der Waals surface area contributed by atoms with Crippen LogP contribution in [0.15, 0.2) is 48.9 Å². The summed E-state index contributed by atoms with van der Waals surface area (Å²) < 4.78 is 13.1. The molecule has 0 saturated carbocycles. The smallest absolute Gasteiger partial charge is 0.252 e. The van der Waals surface area contributed by atoms with Crippen LogP contribution in [0.1, 0.15) is 24.0 Å². The van der Waals surface area contributed by atoms with Crippen LogP contribution >= 0.6 is 0 Å². The van der Waals surface area contributed by atoms with E-state index in [1.54, 1.807) is 24.5 Å². The molecule has 1 aromatic carbocycles. The van der Waals surface area contributed by atoms with E-state index in [0.29, 0.717) is 23.5 Å². The van der Waals surface area contributed by atoms with Crippen LogP contribution in [0.2, 0.25) is 0 Å². The topological polar surface area (TPSA) is 49.3 Å². The minimum Gasteiger partial charge on any atom is -0.279 e. The second-order valence-corrected chi connectivity index (χ2v) is 5.60. The van der Waals surface area contributed by atoms with Crippen molar-refractivity contribution in [1.29, 1.82) is 0 Å². The molecular formula is C18H13FN4O. The molecule has 5 nitrogen and oxygen atoms in total. The molecule has 0 radical (unpaired) electrons. The van der Waals surface area contributed by atoms with Gasteiger partial charge in [0, 0.05) is 24.2 Å². The number of carbonyl (C=O) groups excluding carboxylic acids is 1. The van der Waals surface area contributed by atoms with E-state index in [2.05, 4.69) is 21.8 Å². The van der Waals surface area contributed by atoms with Gasteiger partial charge in [0.25, 0.3) is 11.9 Å². The maximum Gasteiger partial charge on any atom is 0.252 e. The van der Waals surface area contributed by atoms with Crippen molar-refractivity contribution in [3.63, 3.8) is 0 Å². The standard InChI is InChI=1S/C18H13FN4O/c19-15-4-1-3-13(9-15)6-7-14-11-20-18(21-12-14)23-17(24)10-16-5-2-8-22(16)23/h1-4,8-9,11-12,16H,5,10H2. The molecule has 1 amide bonds. The summed E-state index contributed by atoms with van der Waals surface area (Å²) in [4.78, 5) is 20.6. The summed E-state index contributed by atoms with van der Waals surface area (Å²) in [5, 5.41) is 3.37. The van der Waals surface area contributed by atoms with Gasteiger partial charge in [-0.05, 0) is 24.6 Å². The predicted molar refractivity (Wildman–Crippen MR) is 85.9 cm³/mol. The van der Waals surface area contributed by atoms with Gasteiger partial charge in [-0.3, -0.25) is 9.80 Å². The van der Waals surface area contributed by atoms with Crippen molar-refractivity contribution in [2.45, 2.75) is 18.9 Å². The molecule has 0 spiro atoms. The van der Waals surface area contributed by atoms with Crippen LogP contribution in [0.25, 0.3) is 0 Å². The summed E-state index contributed by atoms with van der Waals surface area (Å²) >= 11 is 0. The molecule has 1 unspecified atom stereocenters. The Morgan fingerprint density at radius 3 is 2.75 bits per heavy atom. The average molecular weight is 320 g/mol. The third-order valence-corrected chi connectivity index (χ3v) is 3.92. The van der Waals surface area contributed by atoms with Gasteiger partial charge in [0.1, 0.15) is 5.82 Å². The van der Waals surface area contributed by atoms with Crippen molar-refractivity contribution in [3.8, 4) is 11.8 Å². The lowest BCUT2D eigenvalue weighted by molar-refractivity contribution is -0.117. The zero-order valence-corrected chi connectivity index (χ0v) is 12.7. The van der Waals surface area contributed by atoms with Crippen LogP contribution < -0.4 is 5.01 Å². The van der Waals surface area contributed by atoms with Gasteiger partial charge in [0.15, 0.2) is 0 Å². The molecule has 24 heavy (non-hydrogen) atoms. The summed E-state index contributed by atoms with van der Waals surface area (Å²) in [6, 6.07) is 6.25. The number of halogens is 1. The lowest BCUT2D eigenvalue weighted by atomic mass is 10.2. The fourth-order valence-corrected chi connectivity index (χ4v) is 2.80. The quantitative estimate of drug-likeness (QED) is 0.756. The van der Waals surface area contributed by atoms with Crippen molar-refractivity contribution in [3.05, 3.63) is 65.9 Å². The molecule has 2 aliphatic heterocycles. The first-order valence-electron chi connectivity index (χ1n) is 7.58. The minimum atomic E-state index is -0.325. The van der Waals surface area contributed by atoms with Crippen molar-refractivity contribution < 1.29 is 9.18 Å². The van der Waals surface area contributed by atoms with E-state index < -0.39 is 0 Å². The van der Waals surface area contributed by atoms with Crippen molar-refractivity contribution in [2.24, 2.45) is 0 Å². The number of anilines is 1. The van der Waals surface area contributed by atoms with E-state index in [1.807, 2.05) is 17.3 Å². The van der Waals surface area contributed by atoms with Crippen molar-refractivity contribution >= 4 is 11.9 Å². The maximum absolute atomic E-state index is 13.1. The molecule has 0 bridgehead atoms. The summed E-state index contributed by atoms with van der Waals surface area (Å²) in [7, 11) is 0. The number of fused-ring (bicyclic) bond motifs is 1. The molecule has 0 N–H and O–H groups in total. The molecule has 118 valence electrons. The van der Waals surface area contributed by atoms with E-state index in [0.717, 1.165) is 6.42 Å². The monoisotopic (exact) mass is 320 g/mol. The summed E-state index contributed by atoms with van der Waals surface area (Å²) in [5.74, 6) is 5.76. The largest absolute Gasteiger partial charge is 0.279 e. The first-order valence-corrected chi connectivity index (χ1v) is 7.58. The maximum atomic E-state index is 13.1. The highest BCUT2D eigenvalue weighted by Gasteiger charge is 2.39. The third-order valence-electron chi connectivity index (χ3n) is 3.92. The average Bonchev–Trinajstić information content (AvgIpc) is 3.14. The number of rotatable bonds is 1. The van der Waals surface area contributed by atoms with Gasteiger partial charge >= 0.3 is 0 Å². The number of carbonyl (C=O) groups is 1. The minimum absolute atomic E-state index is 0.0112. The number of hydrogen-bond acceptors (Lipinski definition) is 4. The van der Waals surface area contributed by atoms with E-state index in [-0.39, 0.29) is 17.8 Å². The molecule has 4 rings (SSSR count). The van der Waals surface area contributed by atoms with Gasteiger partial charge in [-0.1, -0.05) is 24.0 Å². The van der Waals surface area contributed by atoms with E-state index in [4.69, 9.17) is 0 Å². The van der Waals surface area contributed by atoms with Gasteiger partial charge in [-0.2, -0.15) is 5.01 Å². The van der Waals surface area contributed by atoms with Crippen molar-refractivity contribution in [2.75, 3.05) is 5.01 Å². The molecule has 2 aromatic rings. The Balaban J connectivity index is 1.55. The van der Waals surface area contributed by atoms with Gasteiger partial charge < -0.3 is 0 Å². The van der Waals surface area contributed by atoms with Crippen LogP contribution in [0.5, 0.6) is 0 Å². The molecule has 1 fully saturated rings. The van der Waals surface area contributed by atoms with Crippen LogP contribution in [-0.2, 0) is 4.79 Å². The number of nitrogens with zero attached hydrogens (tertiary/aromatic N) is 4. The Kier molecular flexibility index (Phi) is 3.47. The number of amides is 1. The zero-order chi connectivity index (χ0) is 16.5. The Bertz CT molecular complexity index is 882. The lowest BCUT2D eigenvalue weighted by Crippen LogP contribution is -2.38. The number of aromatic nitrogens is 2. The summed E-state index contributed by atoms with van der Waals surface area (Å²) in [5.41, 5.74) is 1.18. The van der Waals surface area contributed by atoms with Gasteiger partial charge in [-0.15, -0.1) is 0 Å². The highest BCUT2D eigenvalue weighted by molar-refractivity contribution is 5.93. The second kappa shape index (κ2) is 5.78. The SMILES string of the molecule is O=C1CC2CC=CN2N1c1ncc(C#Cc2cccc(F)c2)cn1. The number of hydrogen-bond donors (Lipinski definition) is 0. The Hall–Kier alpha value is -3.20. The first kappa shape index (κ1) is 14.4. The second-order valence-electron chi connectivity index (χ2n) is 5.60. The van der Waals surface area contributed by atoms with Crippen molar-refractivity contribution in [1.82, 2.24) is 15.0 Å². The molecule has 3 heterocycles. The molecule has 0 aliphatic carbocycles. The highest BCUT2D eigenvalue weighted by atomic mass is 19.1. The van der Waals surface area contributed by atoms with E-state index in [1.165, 1.54) is 17.1 Å². The Morgan fingerprint density at radius 1 is 1.17 bits per heavy atom. The summed E-state index contributed by atoms with van der Waals surface area (Å²) in [6.07, 6.45) is 8.38. The number of hydrazine groups is 1. The van der Waals surface area contributed by atoms with Gasteiger partial charge in [0.2, 0.25) is 0 Å². The fraction of sp³-hybridized carbons (Fsp3) is 0.167. The molecule has 1 atom stereocenters. The molecule has 1 saturated heterocycles. The van der Waals surface area contributed by atoms with E-state index >= 15 is 0 Å². The Morgan fingerprint density at radius 2 is 1.96 bits per heavy atom. The molecular weight excluding hydrogens is 307 g/mol. The summed E-state index contributed by atoms with van der Waals surface area (Å²) in [6.45, 7) is 0. The Labute approximate surface area is 138 Å². The highest BCUT2D eigenvalue weighted by Crippen LogP contribution is 2.30. The predicted octanol–water partition coefficient (Wildman–Crippen LogP) is 2.26. The van der Waals surface area contributed by atoms with E-state index in [9.17, 15) is 9.18 Å². The first-order chi connectivity index (χ1) is 11.7. The van der Waals surface area contributed by atoms with Crippen LogP contribution in [0, 0.1) is 17.7 Å². The molecule has 2 aliphatic rings. The molecule has 6 heteroatoms.